The highest BCUT2D eigenvalue weighted by atomic mass is 16.2. The summed E-state index contributed by atoms with van der Waals surface area (Å²) < 4.78 is 0. The first-order valence-corrected chi connectivity index (χ1v) is 11.6. The Bertz CT molecular complexity index is 1310. The summed E-state index contributed by atoms with van der Waals surface area (Å²) >= 11 is 0. The van der Waals surface area contributed by atoms with Gasteiger partial charge in [0, 0.05) is 17.4 Å². The number of rotatable bonds is 4. The standard InChI is InChI=1S/C30H23NO3/c1-18(32)21-13-8-14-22(17-21)31-29(33)27-23-15-16-24(28(27)30(31)34)26(23)25(19-9-4-2-5-10-19)20-11-6-3-7-12-20/h2-17,23-24,27-28H,1H3/t23-,24+,27-,28-/m0/s1. The van der Waals surface area contributed by atoms with Gasteiger partial charge in [-0.15, -0.1) is 0 Å². The number of hydrogen-bond acceptors (Lipinski definition) is 3. The SMILES string of the molecule is CC(=O)c1cccc(N2C(=O)[C@@H]3[C@@H](C2=O)[C@H]2C=C[C@@H]3C2=C(c2ccccc2)c2ccccc2)c1. The minimum absolute atomic E-state index is 0.0940. The second-order valence-corrected chi connectivity index (χ2v) is 9.17. The number of carbonyl (C=O) groups is 3. The molecule has 0 unspecified atom stereocenters. The van der Waals surface area contributed by atoms with Crippen LogP contribution >= 0.6 is 0 Å². The van der Waals surface area contributed by atoms with Crippen molar-refractivity contribution in [3.8, 4) is 0 Å². The van der Waals surface area contributed by atoms with Gasteiger partial charge in [-0.05, 0) is 41.3 Å². The third-order valence-corrected chi connectivity index (χ3v) is 7.34. The lowest BCUT2D eigenvalue weighted by molar-refractivity contribution is -0.122. The maximum Gasteiger partial charge on any atom is 0.238 e. The number of benzene rings is 3. The van der Waals surface area contributed by atoms with Gasteiger partial charge in [-0.25, -0.2) is 4.90 Å². The van der Waals surface area contributed by atoms with Crippen molar-refractivity contribution in [1.29, 1.82) is 0 Å². The molecule has 2 amide bonds. The highest BCUT2D eigenvalue weighted by Gasteiger charge is 2.62. The van der Waals surface area contributed by atoms with E-state index in [9.17, 15) is 14.4 Å². The average Bonchev–Trinajstić information content (AvgIpc) is 3.50. The molecule has 0 radical (unpaired) electrons. The van der Waals surface area contributed by atoms with Crippen molar-refractivity contribution in [2.45, 2.75) is 6.92 Å². The third-order valence-electron chi connectivity index (χ3n) is 7.34. The number of nitrogens with zero attached hydrogens (tertiary/aromatic N) is 1. The van der Waals surface area contributed by atoms with Crippen LogP contribution in [0.1, 0.15) is 28.4 Å². The van der Waals surface area contributed by atoms with Gasteiger partial charge in [0.15, 0.2) is 5.78 Å². The third kappa shape index (κ3) is 2.95. The molecule has 1 aliphatic heterocycles. The summed E-state index contributed by atoms with van der Waals surface area (Å²) in [6, 6.07) is 27.2. The van der Waals surface area contributed by atoms with Crippen molar-refractivity contribution >= 4 is 28.9 Å². The average molecular weight is 446 g/mol. The van der Waals surface area contributed by atoms with Crippen LogP contribution in [0.15, 0.2) is 103 Å². The molecular weight excluding hydrogens is 422 g/mol. The first kappa shape index (κ1) is 20.5. The topological polar surface area (TPSA) is 54.5 Å². The van der Waals surface area contributed by atoms with Gasteiger partial charge in [-0.3, -0.25) is 14.4 Å². The van der Waals surface area contributed by atoms with Crippen molar-refractivity contribution in [2.24, 2.45) is 23.7 Å². The Kier molecular flexibility index (Phi) is 4.70. The van der Waals surface area contributed by atoms with Crippen molar-refractivity contribution in [3.63, 3.8) is 0 Å². The normalized spacial score (nSPS) is 24.6. The second kappa shape index (κ2) is 7.77. The number of allylic oxidation sites excluding steroid dienone is 3. The van der Waals surface area contributed by atoms with Crippen molar-refractivity contribution in [1.82, 2.24) is 0 Å². The number of ketones is 1. The number of amides is 2. The Morgan fingerprint density at radius 2 is 1.18 bits per heavy atom. The first-order valence-electron chi connectivity index (χ1n) is 11.6. The van der Waals surface area contributed by atoms with E-state index in [0.29, 0.717) is 11.3 Å². The highest BCUT2D eigenvalue weighted by Crippen LogP contribution is 2.58. The summed E-state index contributed by atoms with van der Waals surface area (Å²) in [6.45, 7) is 1.48. The molecule has 6 rings (SSSR count). The molecule has 2 aliphatic carbocycles. The van der Waals surface area contributed by atoms with Gasteiger partial charge in [0.2, 0.25) is 11.8 Å². The molecule has 3 aromatic carbocycles. The van der Waals surface area contributed by atoms with E-state index in [1.54, 1.807) is 24.3 Å². The van der Waals surface area contributed by atoms with E-state index in [-0.39, 0.29) is 29.4 Å². The zero-order valence-electron chi connectivity index (χ0n) is 18.7. The van der Waals surface area contributed by atoms with Crippen molar-refractivity contribution in [2.75, 3.05) is 4.90 Å². The van der Waals surface area contributed by atoms with Gasteiger partial charge < -0.3 is 0 Å². The number of fused-ring (bicyclic) bond motifs is 5. The number of imide groups is 1. The van der Waals surface area contributed by atoms with Gasteiger partial charge >= 0.3 is 0 Å². The van der Waals surface area contributed by atoms with E-state index < -0.39 is 11.8 Å². The Balaban J connectivity index is 1.47. The molecule has 2 bridgehead atoms. The molecule has 4 atom stereocenters. The molecule has 0 N–H and O–H groups in total. The molecule has 3 aliphatic rings. The Morgan fingerprint density at radius 3 is 1.68 bits per heavy atom. The van der Waals surface area contributed by atoms with Crippen molar-refractivity contribution in [3.05, 3.63) is 119 Å². The van der Waals surface area contributed by atoms with Crippen LogP contribution in [0.25, 0.3) is 5.57 Å². The molecule has 2 fully saturated rings. The second-order valence-electron chi connectivity index (χ2n) is 9.17. The van der Waals surface area contributed by atoms with E-state index in [2.05, 4.69) is 36.4 Å². The van der Waals surface area contributed by atoms with E-state index in [1.807, 2.05) is 36.4 Å². The molecule has 4 nitrogen and oxygen atoms in total. The molecule has 0 spiro atoms. The maximum atomic E-state index is 13.7. The Morgan fingerprint density at radius 1 is 0.676 bits per heavy atom. The Labute approximate surface area is 198 Å². The largest absolute Gasteiger partial charge is 0.295 e. The molecule has 4 heteroatoms. The Hall–Kier alpha value is -4.05. The molecule has 1 heterocycles. The smallest absolute Gasteiger partial charge is 0.238 e. The molecule has 0 aromatic heterocycles. The predicted molar refractivity (Wildman–Crippen MR) is 131 cm³/mol. The van der Waals surface area contributed by atoms with Crippen LogP contribution < -0.4 is 4.90 Å². The maximum absolute atomic E-state index is 13.7. The molecule has 1 saturated carbocycles. The van der Waals surface area contributed by atoms with Crippen LogP contribution in [0, 0.1) is 23.7 Å². The molecule has 1 saturated heterocycles. The zero-order chi connectivity index (χ0) is 23.4. The van der Waals surface area contributed by atoms with Gasteiger partial charge in [0.25, 0.3) is 0 Å². The molecule has 3 aromatic rings. The molecular formula is C30H23NO3. The number of hydrogen-bond donors (Lipinski definition) is 0. The number of carbonyl (C=O) groups excluding carboxylic acids is 3. The fraction of sp³-hybridized carbons (Fsp3) is 0.167. The summed E-state index contributed by atoms with van der Waals surface area (Å²) in [5.74, 6) is -1.52. The van der Waals surface area contributed by atoms with E-state index >= 15 is 0 Å². The summed E-state index contributed by atoms with van der Waals surface area (Å²) in [7, 11) is 0. The fourth-order valence-corrected chi connectivity index (χ4v) is 5.92. The summed E-state index contributed by atoms with van der Waals surface area (Å²) in [6.07, 6.45) is 4.21. The van der Waals surface area contributed by atoms with E-state index in [0.717, 1.165) is 22.3 Å². The lowest BCUT2D eigenvalue weighted by Gasteiger charge is -2.22. The van der Waals surface area contributed by atoms with Crippen LogP contribution in [-0.4, -0.2) is 17.6 Å². The predicted octanol–water partition coefficient (Wildman–Crippen LogP) is 5.31. The van der Waals surface area contributed by atoms with Crippen LogP contribution in [0.2, 0.25) is 0 Å². The summed E-state index contributed by atoms with van der Waals surface area (Å²) in [5.41, 5.74) is 5.43. The van der Waals surface area contributed by atoms with Gasteiger partial charge in [0.05, 0.1) is 17.5 Å². The lowest BCUT2D eigenvalue weighted by atomic mass is 9.85. The van der Waals surface area contributed by atoms with Gasteiger partial charge in [0.1, 0.15) is 0 Å². The van der Waals surface area contributed by atoms with Crippen LogP contribution in [0.3, 0.4) is 0 Å². The minimum atomic E-state index is -0.416. The van der Waals surface area contributed by atoms with E-state index in [4.69, 9.17) is 0 Å². The summed E-state index contributed by atoms with van der Waals surface area (Å²) in [4.78, 5) is 40.5. The quantitative estimate of drug-likeness (QED) is 0.311. The lowest BCUT2D eigenvalue weighted by Crippen LogP contribution is -2.33. The van der Waals surface area contributed by atoms with Crippen molar-refractivity contribution < 1.29 is 14.4 Å². The van der Waals surface area contributed by atoms with Gasteiger partial charge in [-0.1, -0.05) is 84.9 Å². The van der Waals surface area contributed by atoms with Crippen LogP contribution in [0.4, 0.5) is 5.69 Å². The minimum Gasteiger partial charge on any atom is -0.295 e. The molecule has 166 valence electrons. The zero-order valence-corrected chi connectivity index (χ0v) is 18.7. The van der Waals surface area contributed by atoms with Crippen LogP contribution in [0.5, 0.6) is 0 Å². The van der Waals surface area contributed by atoms with Gasteiger partial charge in [-0.2, -0.15) is 0 Å². The highest BCUT2D eigenvalue weighted by molar-refractivity contribution is 6.23. The molecule has 34 heavy (non-hydrogen) atoms. The van der Waals surface area contributed by atoms with E-state index in [1.165, 1.54) is 11.8 Å². The number of Topliss-reactive ketones (excluding diaryl/α,β-unsaturated/α-hetero) is 1. The first-order chi connectivity index (χ1) is 16.6. The number of anilines is 1. The summed E-state index contributed by atoms with van der Waals surface area (Å²) in [5, 5.41) is 0. The monoisotopic (exact) mass is 445 g/mol. The fourth-order valence-electron chi connectivity index (χ4n) is 5.92. The van der Waals surface area contributed by atoms with Crippen LogP contribution in [-0.2, 0) is 9.59 Å².